The molecule has 116 valence electrons. The van der Waals surface area contributed by atoms with Gasteiger partial charge in [-0.3, -0.25) is 4.79 Å². The number of hydrogen-bond donors (Lipinski definition) is 1. The van der Waals surface area contributed by atoms with Crippen LogP contribution in [0.4, 0.5) is 4.39 Å². The molecule has 0 aliphatic heterocycles. The number of nitrogens with one attached hydrogen (secondary N) is 1. The van der Waals surface area contributed by atoms with E-state index in [1.807, 2.05) is 50.2 Å². The van der Waals surface area contributed by atoms with Crippen LogP contribution in [-0.4, -0.2) is 5.91 Å². The van der Waals surface area contributed by atoms with Crippen molar-refractivity contribution in [2.75, 3.05) is 0 Å². The molecule has 0 saturated carbocycles. The summed E-state index contributed by atoms with van der Waals surface area (Å²) in [6.07, 6.45) is 1.57. The highest BCUT2D eigenvalue weighted by molar-refractivity contribution is 5.83. The highest BCUT2D eigenvalue weighted by Gasteiger charge is 2.18. The van der Waals surface area contributed by atoms with Gasteiger partial charge in [-0.1, -0.05) is 56.3 Å². The van der Waals surface area contributed by atoms with Crippen molar-refractivity contribution in [3.05, 3.63) is 71.0 Å². The highest BCUT2D eigenvalue weighted by Crippen LogP contribution is 2.19. The molecule has 3 heteroatoms. The Kier molecular flexibility index (Phi) is 5.70. The van der Waals surface area contributed by atoms with Gasteiger partial charge in [0, 0.05) is 12.1 Å². The van der Waals surface area contributed by atoms with Gasteiger partial charge in [0.15, 0.2) is 0 Å². The zero-order chi connectivity index (χ0) is 15.9. The molecule has 0 bridgehead atoms. The number of carbonyl (C=O) groups excluding carboxylic acids is 1. The number of benzene rings is 2. The number of hydrogen-bond acceptors (Lipinski definition) is 1. The molecule has 0 aliphatic carbocycles. The number of halogens is 1. The van der Waals surface area contributed by atoms with E-state index in [9.17, 15) is 9.18 Å². The molecular formula is C19H22FNO. The Morgan fingerprint density at radius 2 is 1.86 bits per heavy atom. The molecule has 0 aromatic heterocycles. The van der Waals surface area contributed by atoms with Gasteiger partial charge in [-0.05, 0) is 30.0 Å². The van der Waals surface area contributed by atoms with E-state index in [0.717, 1.165) is 17.5 Å². The lowest BCUT2D eigenvalue weighted by molar-refractivity contribution is -0.122. The maximum atomic E-state index is 13.8. The van der Waals surface area contributed by atoms with E-state index in [0.29, 0.717) is 12.0 Å². The van der Waals surface area contributed by atoms with Crippen LogP contribution in [0.2, 0.25) is 0 Å². The molecule has 1 unspecified atom stereocenters. The molecule has 0 saturated heterocycles. The van der Waals surface area contributed by atoms with Gasteiger partial charge in [0.05, 0.1) is 5.92 Å². The Labute approximate surface area is 131 Å². The molecule has 0 aliphatic rings. The van der Waals surface area contributed by atoms with E-state index in [1.54, 1.807) is 6.07 Å². The van der Waals surface area contributed by atoms with Crippen LogP contribution in [0.1, 0.15) is 42.9 Å². The summed E-state index contributed by atoms with van der Waals surface area (Å²) < 4.78 is 13.8. The second-order valence-electron chi connectivity index (χ2n) is 5.37. The minimum absolute atomic E-state index is 0.0602. The summed E-state index contributed by atoms with van der Waals surface area (Å²) in [7, 11) is 0. The highest BCUT2D eigenvalue weighted by atomic mass is 19.1. The van der Waals surface area contributed by atoms with E-state index in [2.05, 4.69) is 5.32 Å². The average Bonchev–Trinajstić information content (AvgIpc) is 2.56. The second-order valence-corrected chi connectivity index (χ2v) is 5.37. The van der Waals surface area contributed by atoms with Gasteiger partial charge in [-0.15, -0.1) is 0 Å². The lowest BCUT2D eigenvalue weighted by Gasteiger charge is -2.16. The fourth-order valence-corrected chi connectivity index (χ4v) is 2.55. The van der Waals surface area contributed by atoms with E-state index in [4.69, 9.17) is 0 Å². The van der Waals surface area contributed by atoms with Crippen molar-refractivity contribution >= 4 is 5.91 Å². The maximum Gasteiger partial charge on any atom is 0.227 e. The third-order valence-corrected chi connectivity index (χ3v) is 3.90. The van der Waals surface area contributed by atoms with Gasteiger partial charge in [-0.25, -0.2) is 4.39 Å². The normalized spacial score (nSPS) is 12.0. The summed E-state index contributed by atoms with van der Waals surface area (Å²) in [5.41, 5.74) is 2.60. The van der Waals surface area contributed by atoms with Crippen LogP contribution in [0.5, 0.6) is 0 Å². The number of carbonyl (C=O) groups is 1. The molecule has 0 radical (unpaired) electrons. The first kappa shape index (κ1) is 16.2. The fraction of sp³-hybridized carbons (Fsp3) is 0.316. The minimum atomic E-state index is -0.273. The Bertz CT molecular complexity index is 625. The molecule has 1 amide bonds. The Balaban J connectivity index is 2.06. The number of rotatable bonds is 6. The lowest BCUT2D eigenvalue weighted by Crippen LogP contribution is -2.29. The molecule has 2 rings (SSSR count). The smallest absolute Gasteiger partial charge is 0.227 e. The number of amides is 1. The van der Waals surface area contributed by atoms with E-state index >= 15 is 0 Å². The van der Waals surface area contributed by atoms with Crippen molar-refractivity contribution in [1.82, 2.24) is 5.32 Å². The summed E-state index contributed by atoms with van der Waals surface area (Å²) in [4.78, 5) is 12.4. The van der Waals surface area contributed by atoms with Crippen LogP contribution in [-0.2, 0) is 17.8 Å². The van der Waals surface area contributed by atoms with Crippen LogP contribution >= 0.6 is 0 Å². The van der Waals surface area contributed by atoms with Crippen molar-refractivity contribution in [1.29, 1.82) is 0 Å². The van der Waals surface area contributed by atoms with Crippen LogP contribution in [0, 0.1) is 5.82 Å². The molecule has 0 spiro atoms. The average molecular weight is 299 g/mol. The van der Waals surface area contributed by atoms with Gasteiger partial charge < -0.3 is 5.32 Å². The van der Waals surface area contributed by atoms with Gasteiger partial charge >= 0.3 is 0 Å². The summed E-state index contributed by atoms with van der Waals surface area (Å²) in [6.45, 7) is 4.23. The van der Waals surface area contributed by atoms with Crippen LogP contribution in [0.15, 0.2) is 48.5 Å². The molecule has 22 heavy (non-hydrogen) atoms. The molecule has 2 aromatic rings. The van der Waals surface area contributed by atoms with Crippen molar-refractivity contribution in [2.24, 2.45) is 0 Å². The molecule has 2 nitrogen and oxygen atoms in total. The molecular weight excluding hydrogens is 277 g/mol. The number of aryl methyl sites for hydroxylation is 1. The predicted molar refractivity (Wildman–Crippen MR) is 87.1 cm³/mol. The van der Waals surface area contributed by atoms with Crippen molar-refractivity contribution in [3.63, 3.8) is 0 Å². The summed E-state index contributed by atoms with van der Waals surface area (Å²) in [6, 6.07) is 14.7. The molecule has 1 atom stereocenters. The zero-order valence-electron chi connectivity index (χ0n) is 13.1. The monoisotopic (exact) mass is 299 g/mol. The molecule has 0 fully saturated rings. The van der Waals surface area contributed by atoms with E-state index in [1.165, 1.54) is 6.07 Å². The largest absolute Gasteiger partial charge is 0.351 e. The summed E-state index contributed by atoms with van der Waals surface area (Å²) >= 11 is 0. The second kappa shape index (κ2) is 7.74. The Morgan fingerprint density at radius 3 is 2.50 bits per heavy atom. The maximum absolute atomic E-state index is 13.8. The topological polar surface area (TPSA) is 29.1 Å². The van der Waals surface area contributed by atoms with Crippen molar-refractivity contribution in [2.45, 2.75) is 39.2 Å². The third-order valence-electron chi connectivity index (χ3n) is 3.90. The van der Waals surface area contributed by atoms with E-state index in [-0.39, 0.29) is 24.2 Å². The molecule has 2 aromatic carbocycles. The Hall–Kier alpha value is -2.16. The van der Waals surface area contributed by atoms with Crippen molar-refractivity contribution < 1.29 is 9.18 Å². The SMILES string of the molecule is CCc1ccc(F)c(CNC(=O)C(CC)c2ccccc2)c1. The van der Waals surface area contributed by atoms with Gasteiger partial charge in [0.2, 0.25) is 5.91 Å². The molecule has 0 heterocycles. The Morgan fingerprint density at radius 1 is 1.14 bits per heavy atom. The van der Waals surface area contributed by atoms with Gasteiger partial charge in [-0.2, -0.15) is 0 Å². The zero-order valence-corrected chi connectivity index (χ0v) is 13.1. The fourth-order valence-electron chi connectivity index (χ4n) is 2.55. The quantitative estimate of drug-likeness (QED) is 0.851. The summed E-state index contributed by atoms with van der Waals surface area (Å²) in [5.74, 6) is -0.529. The van der Waals surface area contributed by atoms with E-state index < -0.39 is 0 Å². The lowest BCUT2D eigenvalue weighted by atomic mass is 9.95. The van der Waals surface area contributed by atoms with Crippen LogP contribution in [0.25, 0.3) is 0 Å². The van der Waals surface area contributed by atoms with Crippen molar-refractivity contribution in [3.8, 4) is 0 Å². The standard InChI is InChI=1S/C19H22FNO/c1-3-14-10-11-18(20)16(12-14)13-21-19(22)17(4-2)15-8-6-5-7-9-15/h5-12,17H,3-4,13H2,1-2H3,(H,21,22). The minimum Gasteiger partial charge on any atom is -0.351 e. The van der Waals surface area contributed by atoms with Crippen LogP contribution < -0.4 is 5.32 Å². The first-order valence-electron chi connectivity index (χ1n) is 7.75. The molecule has 1 N–H and O–H groups in total. The van der Waals surface area contributed by atoms with Gasteiger partial charge in [0.25, 0.3) is 0 Å². The van der Waals surface area contributed by atoms with Crippen LogP contribution in [0.3, 0.4) is 0 Å². The predicted octanol–water partition coefficient (Wildman–Crippen LogP) is 4.20. The summed E-state index contributed by atoms with van der Waals surface area (Å²) in [5, 5.41) is 2.86. The first-order chi connectivity index (χ1) is 10.7. The first-order valence-corrected chi connectivity index (χ1v) is 7.75. The third kappa shape index (κ3) is 3.94. The van der Waals surface area contributed by atoms with Gasteiger partial charge in [0.1, 0.15) is 5.82 Å².